The van der Waals surface area contributed by atoms with E-state index in [1.165, 1.54) is 10.8 Å². The minimum Gasteiger partial charge on any atom is -0.252 e. The summed E-state index contributed by atoms with van der Waals surface area (Å²) in [7, 11) is 0. The zero-order chi connectivity index (χ0) is 12.5. The van der Waals surface area contributed by atoms with Crippen LogP contribution in [0, 0.1) is 6.92 Å². The normalized spacial score (nSPS) is 10.8. The van der Waals surface area contributed by atoms with Crippen LogP contribution in [0.1, 0.15) is 5.69 Å². The summed E-state index contributed by atoms with van der Waals surface area (Å²) in [5.41, 5.74) is 3.25. The summed E-state index contributed by atoms with van der Waals surface area (Å²) in [6, 6.07) is 18.8. The second-order valence-corrected chi connectivity index (χ2v) is 5.24. The summed E-state index contributed by atoms with van der Waals surface area (Å²) >= 11 is 3.45. The Morgan fingerprint density at radius 1 is 0.944 bits per heavy atom. The lowest BCUT2D eigenvalue weighted by molar-refractivity contribution is 1.24. The first-order chi connectivity index (χ1) is 8.74. The van der Waals surface area contributed by atoms with Gasteiger partial charge in [-0.25, -0.2) is 0 Å². The molecule has 0 N–H and O–H groups in total. The number of halogens is 1. The van der Waals surface area contributed by atoms with Crippen molar-refractivity contribution in [3.63, 3.8) is 0 Å². The molecule has 2 aromatic carbocycles. The maximum Gasteiger partial charge on any atom is 0.0711 e. The molecule has 0 saturated heterocycles. The van der Waals surface area contributed by atoms with Crippen molar-refractivity contribution in [2.75, 3.05) is 0 Å². The average Bonchev–Trinajstić information content (AvgIpc) is 2.39. The van der Waals surface area contributed by atoms with E-state index in [0.29, 0.717) is 0 Å². The largest absolute Gasteiger partial charge is 0.252 e. The Bertz CT molecular complexity index is 702. The van der Waals surface area contributed by atoms with Gasteiger partial charge in [0.05, 0.1) is 5.69 Å². The van der Waals surface area contributed by atoms with Crippen molar-refractivity contribution in [3.8, 4) is 11.3 Å². The molecule has 0 unspecified atom stereocenters. The maximum atomic E-state index is 4.69. The van der Waals surface area contributed by atoms with Crippen LogP contribution < -0.4 is 0 Å². The van der Waals surface area contributed by atoms with Gasteiger partial charge in [-0.1, -0.05) is 52.3 Å². The van der Waals surface area contributed by atoms with Crippen LogP contribution in [-0.2, 0) is 0 Å². The van der Waals surface area contributed by atoms with E-state index in [1.54, 1.807) is 0 Å². The molecule has 3 aromatic rings. The number of hydrogen-bond donors (Lipinski definition) is 0. The highest BCUT2D eigenvalue weighted by molar-refractivity contribution is 9.10. The number of pyridine rings is 1. The van der Waals surface area contributed by atoms with Crippen LogP contribution in [0.25, 0.3) is 22.0 Å². The van der Waals surface area contributed by atoms with E-state index in [-0.39, 0.29) is 0 Å². The fourth-order valence-electron chi connectivity index (χ4n) is 2.14. The Labute approximate surface area is 115 Å². The van der Waals surface area contributed by atoms with Gasteiger partial charge in [-0.3, -0.25) is 4.98 Å². The van der Waals surface area contributed by atoms with Crippen molar-refractivity contribution in [2.24, 2.45) is 0 Å². The van der Waals surface area contributed by atoms with E-state index in [9.17, 15) is 0 Å². The van der Waals surface area contributed by atoms with Gasteiger partial charge in [0.25, 0.3) is 0 Å². The smallest absolute Gasteiger partial charge is 0.0711 e. The summed E-state index contributed by atoms with van der Waals surface area (Å²) in [5, 5.41) is 2.46. The Morgan fingerprint density at radius 3 is 2.44 bits per heavy atom. The van der Waals surface area contributed by atoms with Gasteiger partial charge in [0.15, 0.2) is 0 Å². The first-order valence-corrected chi connectivity index (χ1v) is 6.66. The second kappa shape index (κ2) is 4.54. The molecule has 0 aliphatic heterocycles. The zero-order valence-corrected chi connectivity index (χ0v) is 11.6. The third-order valence-corrected chi connectivity index (χ3v) is 3.60. The molecular weight excluding hydrogens is 286 g/mol. The lowest BCUT2D eigenvalue weighted by Crippen LogP contribution is -1.89. The Balaban J connectivity index is 2.21. The molecule has 2 heteroatoms. The molecule has 18 heavy (non-hydrogen) atoms. The highest BCUT2D eigenvalue weighted by atomic mass is 79.9. The van der Waals surface area contributed by atoms with Gasteiger partial charge in [-0.15, -0.1) is 0 Å². The molecule has 0 radical (unpaired) electrons. The van der Waals surface area contributed by atoms with E-state index in [2.05, 4.69) is 70.3 Å². The van der Waals surface area contributed by atoms with Crippen molar-refractivity contribution < 1.29 is 0 Å². The molecule has 0 aliphatic carbocycles. The lowest BCUT2D eigenvalue weighted by Gasteiger charge is -2.06. The Hall–Kier alpha value is -1.67. The zero-order valence-electron chi connectivity index (χ0n) is 10.0. The van der Waals surface area contributed by atoms with Crippen molar-refractivity contribution in [3.05, 3.63) is 64.8 Å². The number of hydrogen-bond acceptors (Lipinski definition) is 1. The highest BCUT2D eigenvalue weighted by Gasteiger charge is 2.04. The van der Waals surface area contributed by atoms with Gasteiger partial charge < -0.3 is 0 Å². The predicted octanol–water partition coefficient (Wildman–Crippen LogP) is 4.97. The van der Waals surface area contributed by atoms with E-state index < -0.39 is 0 Å². The molecule has 3 rings (SSSR count). The van der Waals surface area contributed by atoms with E-state index in [4.69, 9.17) is 0 Å². The second-order valence-electron chi connectivity index (χ2n) is 4.32. The first kappa shape index (κ1) is 11.4. The molecule has 1 heterocycles. The van der Waals surface area contributed by atoms with E-state index in [1.807, 2.05) is 12.1 Å². The van der Waals surface area contributed by atoms with Crippen LogP contribution >= 0.6 is 15.9 Å². The minimum atomic E-state index is 1.03. The molecule has 0 amide bonds. The predicted molar refractivity (Wildman–Crippen MR) is 79.6 cm³/mol. The van der Waals surface area contributed by atoms with E-state index >= 15 is 0 Å². The number of benzene rings is 2. The number of rotatable bonds is 1. The average molecular weight is 298 g/mol. The van der Waals surface area contributed by atoms with Gasteiger partial charge in [0.1, 0.15) is 0 Å². The molecule has 1 nitrogen and oxygen atoms in total. The summed E-state index contributed by atoms with van der Waals surface area (Å²) in [6.07, 6.45) is 0. The van der Waals surface area contributed by atoms with Crippen LogP contribution in [0.4, 0.5) is 0 Å². The van der Waals surface area contributed by atoms with Gasteiger partial charge in [-0.05, 0) is 30.5 Å². The van der Waals surface area contributed by atoms with Gasteiger partial charge in [0.2, 0.25) is 0 Å². The van der Waals surface area contributed by atoms with E-state index in [0.717, 1.165) is 21.4 Å². The summed E-state index contributed by atoms with van der Waals surface area (Å²) in [4.78, 5) is 4.69. The monoisotopic (exact) mass is 297 g/mol. The van der Waals surface area contributed by atoms with Gasteiger partial charge >= 0.3 is 0 Å². The number of nitrogens with zero attached hydrogens (tertiary/aromatic N) is 1. The third kappa shape index (κ3) is 2.04. The summed E-state index contributed by atoms with van der Waals surface area (Å²) in [5.74, 6) is 0. The molecule has 0 saturated carbocycles. The highest BCUT2D eigenvalue weighted by Crippen LogP contribution is 2.25. The van der Waals surface area contributed by atoms with Crippen molar-refractivity contribution >= 4 is 26.7 Å². The van der Waals surface area contributed by atoms with Crippen LogP contribution in [0.3, 0.4) is 0 Å². The molecule has 0 spiro atoms. The van der Waals surface area contributed by atoms with Crippen LogP contribution in [-0.4, -0.2) is 4.98 Å². The van der Waals surface area contributed by atoms with Crippen molar-refractivity contribution in [1.29, 1.82) is 0 Å². The quantitative estimate of drug-likeness (QED) is 0.618. The van der Waals surface area contributed by atoms with Crippen LogP contribution in [0.2, 0.25) is 0 Å². The van der Waals surface area contributed by atoms with Crippen LogP contribution in [0.15, 0.2) is 59.1 Å². The molecule has 1 aromatic heterocycles. The van der Waals surface area contributed by atoms with Gasteiger partial charge in [0, 0.05) is 21.1 Å². The van der Waals surface area contributed by atoms with Crippen molar-refractivity contribution in [2.45, 2.75) is 6.92 Å². The molecule has 88 valence electrons. The first-order valence-electron chi connectivity index (χ1n) is 5.86. The third-order valence-electron chi connectivity index (χ3n) is 3.07. The maximum absolute atomic E-state index is 4.69. The molecule has 0 bridgehead atoms. The fraction of sp³-hybridized carbons (Fsp3) is 0.0625. The Morgan fingerprint density at radius 2 is 1.67 bits per heavy atom. The molecule has 0 atom stereocenters. The summed E-state index contributed by atoms with van der Waals surface area (Å²) in [6.45, 7) is 2.06. The lowest BCUT2D eigenvalue weighted by atomic mass is 10.1. The number of aromatic nitrogens is 1. The Kier molecular flexibility index (Phi) is 2.88. The molecule has 0 fully saturated rings. The van der Waals surface area contributed by atoms with Crippen molar-refractivity contribution in [1.82, 2.24) is 4.98 Å². The number of fused-ring (bicyclic) bond motifs is 1. The summed E-state index contributed by atoms with van der Waals surface area (Å²) < 4.78 is 1.09. The topological polar surface area (TPSA) is 12.9 Å². The number of aryl methyl sites for hydroxylation is 1. The molecular formula is C16H12BrN. The SMILES string of the molecule is Cc1nc(-c2ccc(Br)cc2)cc2ccccc12. The van der Waals surface area contributed by atoms with Gasteiger partial charge in [-0.2, -0.15) is 0 Å². The fourth-order valence-corrected chi connectivity index (χ4v) is 2.41. The standard InChI is InChI=1S/C16H12BrN/c1-11-15-5-3-2-4-13(15)10-16(18-11)12-6-8-14(17)9-7-12/h2-10H,1H3. The minimum absolute atomic E-state index is 1.03. The van der Waals surface area contributed by atoms with Crippen LogP contribution in [0.5, 0.6) is 0 Å². The molecule has 0 aliphatic rings.